The molecule has 0 saturated heterocycles. The van der Waals surface area contributed by atoms with Crippen LogP contribution in [0.2, 0.25) is 5.02 Å². The summed E-state index contributed by atoms with van der Waals surface area (Å²) in [7, 11) is 0. The summed E-state index contributed by atoms with van der Waals surface area (Å²) in [6, 6.07) is 7.25. The Hall–Kier alpha value is -2.67. The standard InChI is InChI=1S/C14H11ClN2O5/c15-10-3-1-9(2-4-10)11(18)8-22-13(20)7-17-6-5-12(19)16-14(17)21/h1-6H,7-8H2,(H,16,19,21). The molecule has 0 saturated carbocycles. The summed E-state index contributed by atoms with van der Waals surface area (Å²) in [5, 5.41) is 0.492. The fraction of sp³-hybridized carbons (Fsp3) is 0.143. The van der Waals surface area contributed by atoms with E-state index in [1.165, 1.54) is 18.3 Å². The Morgan fingerprint density at radius 2 is 1.82 bits per heavy atom. The number of halogens is 1. The number of esters is 1. The van der Waals surface area contributed by atoms with Crippen molar-refractivity contribution in [2.45, 2.75) is 6.54 Å². The van der Waals surface area contributed by atoms with Gasteiger partial charge in [0.15, 0.2) is 12.4 Å². The normalized spacial score (nSPS) is 10.2. The first-order chi connectivity index (χ1) is 10.5. The Morgan fingerprint density at radius 1 is 1.14 bits per heavy atom. The molecule has 0 amide bonds. The van der Waals surface area contributed by atoms with E-state index in [2.05, 4.69) is 0 Å². The van der Waals surface area contributed by atoms with Gasteiger partial charge in [-0.1, -0.05) is 11.6 Å². The van der Waals surface area contributed by atoms with E-state index in [1.54, 1.807) is 12.1 Å². The fourth-order valence-electron chi connectivity index (χ4n) is 1.62. The van der Waals surface area contributed by atoms with Gasteiger partial charge in [-0.3, -0.25) is 23.9 Å². The summed E-state index contributed by atoms with van der Waals surface area (Å²) >= 11 is 5.71. The van der Waals surface area contributed by atoms with Crippen molar-refractivity contribution in [1.82, 2.24) is 9.55 Å². The second-order valence-electron chi connectivity index (χ2n) is 4.33. The van der Waals surface area contributed by atoms with Crippen LogP contribution in [0.4, 0.5) is 0 Å². The van der Waals surface area contributed by atoms with E-state index in [4.69, 9.17) is 16.3 Å². The summed E-state index contributed by atoms with van der Waals surface area (Å²) in [5.41, 5.74) is -0.931. The minimum Gasteiger partial charge on any atom is -0.456 e. The maximum Gasteiger partial charge on any atom is 0.328 e. The van der Waals surface area contributed by atoms with Gasteiger partial charge in [0.1, 0.15) is 6.54 Å². The van der Waals surface area contributed by atoms with E-state index < -0.39 is 30.4 Å². The molecule has 0 aliphatic heterocycles. The van der Waals surface area contributed by atoms with Crippen molar-refractivity contribution in [1.29, 1.82) is 0 Å². The number of nitrogens with one attached hydrogen (secondary N) is 1. The maximum absolute atomic E-state index is 11.8. The van der Waals surface area contributed by atoms with Crippen LogP contribution in [0.15, 0.2) is 46.1 Å². The van der Waals surface area contributed by atoms with Gasteiger partial charge in [0, 0.05) is 22.8 Å². The molecule has 1 N–H and O–H groups in total. The van der Waals surface area contributed by atoms with Crippen molar-refractivity contribution in [3.63, 3.8) is 0 Å². The zero-order valence-corrected chi connectivity index (χ0v) is 12.0. The van der Waals surface area contributed by atoms with Crippen molar-refractivity contribution in [3.05, 3.63) is 68.0 Å². The number of hydrogen-bond acceptors (Lipinski definition) is 5. The number of carbonyl (C=O) groups is 2. The topological polar surface area (TPSA) is 98.2 Å². The largest absolute Gasteiger partial charge is 0.456 e. The molecule has 114 valence electrons. The van der Waals surface area contributed by atoms with Gasteiger partial charge in [0.2, 0.25) is 0 Å². The van der Waals surface area contributed by atoms with Crippen LogP contribution >= 0.6 is 11.6 Å². The number of aromatic amines is 1. The van der Waals surface area contributed by atoms with Crippen molar-refractivity contribution >= 4 is 23.4 Å². The van der Waals surface area contributed by atoms with E-state index in [-0.39, 0.29) is 5.78 Å². The molecule has 0 aliphatic rings. The molecular weight excluding hydrogens is 312 g/mol. The number of hydrogen-bond donors (Lipinski definition) is 1. The van der Waals surface area contributed by atoms with E-state index in [0.717, 1.165) is 10.6 Å². The molecule has 0 aliphatic carbocycles. The second kappa shape index (κ2) is 6.86. The lowest BCUT2D eigenvalue weighted by molar-refractivity contribution is -0.143. The monoisotopic (exact) mass is 322 g/mol. The number of ether oxygens (including phenoxy) is 1. The molecular formula is C14H11ClN2O5. The van der Waals surface area contributed by atoms with Gasteiger partial charge >= 0.3 is 11.7 Å². The minimum absolute atomic E-state index is 0.360. The number of ketones is 1. The Balaban J connectivity index is 1.92. The average molecular weight is 323 g/mol. The highest BCUT2D eigenvalue weighted by Crippen LogP contribution is 2.10. The molecule has 0 atom stereocenters. The van der Waals surface area contributed by atoms with Gasteiger partial charge in [-0.05, 0) is 24.3 Å². The van der Waals surface area contributed by atoms with Crippen LogP contribution in [0.1, 0.15) is 10.4 Å². The van der Waals surface area contributed by atoms with E-state index in [1.807, 2.05) is 4.98 Å². The van der Waals surface area contributed by atoms with Gasteiger partial charge in [0.25, 0.3) is 5.56 Å². The second-order valence-corrected chi connectivity index (χ2v) is 4.77. The summed E-state index contributed by atoms with van der Waals surface area (Å²) in [4.78, 5) is 47.7. The first-order valence-corrected chi connectivity index (χ1v) is 6.57. The highest BCUT2D eigenvalue weighted by atomic mass is 35.5. The molecule has 2 aromatic rings. The Labute approximate surface area is 129 Å². The lowest BCUT2D eigenvalue weighted by atomic mass is 10.1. The third kappa shape index (κ3) is 4.16. The molecule has 0 bridgehead atoms. The number of rotatable bonds is 5. The van der Waals surface area contributed by atoms with Crippen LogP contribution in [-0.2, 0) is 16.1 Å². The van der Waals surface area contributed by atoms with E-state index >= 15 is 0 Å². The molecule has 2 rings (SSSR count). The third-order valence-corrected chi connectivity index (χ3v) is 2.98. The highest BCUT2D eigenvalue weighted by molar-refractivity contribution is 6.30. The van der Waals surface area contributed by atoms with Crippen LogP contribution in [0, 0.1) is 0 Å². The van der Waals surface area contributed by atoms with Crippen molar-refractivity contribution in [2.24, 2.45) is 0 Å². The Bertz CT molecular complexity index is 807. The molecule has 0 unspecified atom stereocenters. The third-order valence-electron chi connectivity index (χ3n) is 2.73. The first-order valence-electron chi connectivity index (χ1n) is 6.20. The molecule has 1 aromatic heterocycles. The molecule has 0 fully saturated rings. The molecule has 22 heavy (non-hydrogen) atoms. The average Bonchev–Trinajstić information content (AvgIpc) is 2.48. The van der Waals surface area contributed by atoms with E-state index in [0.29, 0.717) is 10.6 Å². The van der Waals surface area contributed by atoms with Gasteiger partial charge in [-0.15, -0.1) is 0 Å². The number of Topliss-reactive ketones (excluding diaryl/α,β-unsaturated/α-hetero) is 1. The molecule has 8 heteroatoms. The molecule has 7 nitrogen and oxygen atoms in total. The summed E-state index contributed by atoms with van der Waals surface area (Å²) in [6.45, 7) is -0.845. The maximum atomic E-state index is 11.8. The van der Waals surface area contributed by atoms with E-state index in [9.17, 15) is 19.2 Å². The minimum atomic E-state index is -0.767. The molecule has 0 radical (unpaired) electrons. The van der Waals surface area contributed by atoms with Gasteiger partial charge in [0.05, 0.1) is 0 Å². The molecule has 1 aromatic carbocycles. The predicted octanol–water partition coefficient (Wildman–Crippen LogP) is 0.616. The fourth-order valence-corrected chi connectivity index (χ4v) is 1.74. The SMILES string of the molecule is O=C(Cn1ccc(=O)[nH]c1=O)OCC(=O)c1ccc(Cl)cc1. The molecule has 1 heterocycles. The zero-order valence-electron chi connectivity index (χ0n) is 11.2. The van der Waals surface area contributed by atoms with Crippen LogP contribution in [-0.4, -0.2) is 27.9 Å². The number of benzene rings is 1. The van der Waals surface area contributed by atoms with Gasteiger partial charge < -0.3 is 4.74 Å². The number of aromatic nitrogens is 2. The van der Waals surface area contributed by atoms with Crippen molar-refractivity contribution < 1.29 is 14.3 Å². The van der Waals surface area contributed by atoms with Crippen LogP contribution < -0.4 is 11.2 Å². The first kappa shape index (κ1) is 15.7. The summed E-state index contributed by atoms with van der Waals surface area (Å²) in [5.74, 6) is -1.16. The van der Waals surface area contributed by atoms with Gasteiger partial charge in [-0.25, -0.2) is 4.79 Å². The summed E-state index contributed by atoms with van der Waals surface area (Å²) < 4.78 is 5.77. The number of nitrogens with zero attached hydrogens (tertiary/aromatic N) is 1. The van der Waals surface area contributed by atoms with Crippen LogP contribution in [0.5, 0.6) is 0 Å². The van der Waals surface area contributed by atoms with Crippen molar-refractivity contribution in [2.75, 3.05) is 6.61 Å². The van der Waals surface area contributed by atoms with Crippen LogP contribution in [0.3, 0.4) is 0 Å². The van der Waals surface area contributed by atoms with Crippen LogP contribution in [0.25, 0.3) is 0 Å². The quantitative estimate of drug-likeness (QED) is 0.642. The van der Waals surface area contributed by atoms with Crippen molar-refractivity contribution in [3.8, 4) is 0 Å². The predicted molar refractivity (Wildman–Crippen MR) is 78.1 cm³/mol. The lowest BCUT2D eigenvalue weighted by Crippen LogP contribution is -2.31. The number of H-pyrrole nitrogens is 1. The zero-order chi connectivity index (χ0) is 16.1. The number of carbonyl (C=O) groups excluding carboxylic acids is 2. The summed E-state index contributed by atoms with van der Waals surface area (Å²) in [6.07, 6.45) is 1.17. The Morgan fingerprint density at radius 3 is 2.45 bits per heavy atom. The highest BCUT2D eigenvalue weighted by Gasteiger charge is 2.11. The Kier molecular flexibility index (Phi) is 4.90. The van der Waals surface area contributed by atoms with Gasteiger partial charge in [-0.2, -0.15) is 0 Å². The smallest absolute Gasteiger partial charge is 0.328 e. The lowest BCUT2D eigenvalue weighted by Gasteiger charge is -2.06. The molecule has 0 spiro atoms.